The first-order valence-electron chi connectivity index (χ1n) is 8.64. The third-order valence-electron chi connectivity index (χ3n) is 4.64. The van der Waals surface area contributed by atoms with Crippen LogP contribution in [0, 0.1) is 24.5 Å². The smallest absolute Gasteiger partial charge is 0.219 e. The number of fused-ring (bicyclic) bond motifs is 1. The highest BCUT2D eigenvalue weighted by molar-refractivity contribution is 7.91. The standard InChI is InChI=1S/C22H14F3NO2S/c1-13-9-10-16(12-18(13)24)29(27,28)21-20(14-5-4-6-15(23)11-14)17-7-2-3-8-19(17)26-22(21)25/h2-12H,1H3. The van der Waals surface area contributed by atoms with E-state index in [0.717, 1.165) is 12.1 Å². The van der Waals surface area contributed by atoms with Crippen LogP contribution in [0.25, 0.3) is 22.0 Å². The summed E-state index contributed by atoms with van der Waals surface area (Å²) in [6, 6.07) is 14.9. The third kappa shape index (κ3) is 3.27. The summed E-state index contributed by atoms with van der Waals surface area (Å²) in [4.78, 5) is 2.66. The lowest BCUT2D eigenvalue weighted by Crippen LogP contribution is -2.10. The maximum atomic E-state index is 15.0. The number of hydrogen-bond donors (Lipinski definition) is 0. The highest BCUT2D eigenvalue weighted by Crippen LogP contribution is 2.38. The van der Waals surface area contributed by atoms with E-state index in [2.05, 4.69) is 4.98 Å². The van der Waals surface area contributed by atoms with Gasteiger partial charge in [-0.2, -0.15) is 4.39 Å². The van der Waals surface area contributed by atoms with Crippen LogP contribution in [0.1, 0.15) is 5.56 Å². The average Bonchev–Trinajstić information content (AvgIpc) is 2.68. The first-order chi connectivity index (χ1) is 13.8. The van der Waals surface area contributed by atoms with Crippen molar-refractivity contribution in [2.24, 2.45) is 0 Å². The number of para-hydroxylation sites is 1. The molecule has 1 aromatic heterocycles. The fourth-order valence-corrected chi connectivity index (χ4v) is 4.70. The van der Waals surface area contributed by atoms with Gasteiger partial charge < -0.3 is 0 Å². The van der Waals surface area contributed by atoms with Crippen LogP contribution in [0.2, 0.25) is 0 Å². The maximum absolute atomic E-state index is 15.0. The zero-order chi connectivity index (χ0) is 20.8. The first kappa shape index (κ1) is 19.1. The Morgan fingerprint density at radius 1 is 0.862 bits per heavy atom. The van der Waals surface area contributed by atoms with Crippen molar-refractivity contribution in [1.82, 2.24) is 4.98 Å². The molecular weight excluding hydrogens is 399 g/mol. The van der Waals surface area contributed by atoms with Gasteiger partial charge in [0.2, 0.25) is 15.8 Å². The second kappa shape index (κ2) is 7.00. The van der Waals surface area contributed by atoms with E-state index in [1.807, 2.05) is 0 Å². The quantitative estimate of drug-likeness (QED) is 0.419. The molecule has 1 heterocycles. The average molecular weight is 413 g/mol. The van der Waals surface area contributed by atoms with Gasteiger partial charge in [-0.15, -0.1) is 0 Å². The highest BCUT2D eigenvalue weighted by atomic mass is 32.2. The molecule has 0 radical (unpaired) electrons. The van der Waals surface area contributed by atoms with Crippen LogP contribution in [-0.2, 0) is 9.84 Å². The Morgan fingerprint density at radius 3 is 2.34 bits per heavy atom. The molecule has 0 fully saturated rings. The molecule has 0 aliphatic rings. The van der Waals surface area contributed by atoms with Crippen molar-refractivity contribution in [1.29, 1.82) is 0 Å². The van der Waals surface area contributed by atoms with Crippen molar-refractivity contribution >= 4 is 20.7 Å². The number of hydrogen-bond acceptors (Lipinski definition) is 3. The van der Waals surface area contributed by atoms with Gasteiger partial charge >= 0.3 is 0 Å². The summed E-state index contributed by atoms with van der Waals surface area (Å²) in [7, 11) is -4.49. The van der Waals surface area contributed by atoms with Crippen molar-refractivity contribution < 1.29 is 21.6 Å². The second-order valence-electron chi connectivity index (χ2n) is 6.55. The topological polar surface area (TPSA) is 47.0 Å². The second-order valence-corrected chi connectivity index (χ2v) is 8.44. The zero-order valence-electron chi connectivity index (χ0n) is 15.2. The normalized spacial score (nSPS) is 11.7. The number of aromatic nitrogens is 1. The minimum absolute atomic E-state index is 0.0198. The minimum Gasteiger partial charge on any atom is -0.219 e. The molecule has 0 spiro atoms. The van der Waals surface area contributed by atoms with Gasteiger partial charge in [-0.1, -0.05) is 36.4 Å². The molecule has 29 heavy (non-hydrogen) atoms. The number of aryl methyl sites for hydroxylation is 1. The predicted molar refractivity (Wildman–Crippen MR) is 104 cm³/mol. The summed E-state index contributed by atoms with van der Waals surface area (Å²) < 4.78 is 69.6. The molecule has 3 aromatic carbocycles. The molecule has 4 rings (SSSR count). The Kier molecular flexibility index (Phi) is 4.62. The van der Waals surface area contributed by atoms with Gasteiger partial charge in [-0.05, 0) is 48.4 Å². The van der Waals surface area contributed by atoms with Crippen molar-refractivity contribution in [3.8, 4) is 11.1 Å². The van der Waals surface area contributed by atoms with E-state index in [1.165, 1.54) is 43.3 Å². The van der Waals surface area contributed by atoms with Gasteiger partial charge in [0.1, 0.15) is 16.5 Å². The van der Waals surface area contributed by atoms with Crippen LogP contribution in [0.5, 0.6) is 0 Å². The van der Waals surface area contributed by atoms with Gasteiger partial charge in [-0.3, -0.25) is 0 Å². The molecule has 7 heteroatoms. The summed E-state index contributed by atoms with van der Waals surface area (Å²) in [6.07, 6.45) is 0. The lowest BCUT2D eigenvalue weighted by Gasteiger charge is -2.15. The summed E-state index contributed by atoms with van der Waals surface area (Å²) in [6.45, 7) is 1.49. The van der Waals surface area contributed by atoms with Crippen LogP contribution in [0.15, 0.2) is 76.5 Å². The molecular formula is C22H14F3NO2S. The fraction of sp³-hybridized carbons (Fsp3) is 0.0455. The van der Waals surface area contributed by atoms with Gasteiger partial charge in [0, 0.05) is 10.9 Å². The molecule has 0 saturated heterocycles. The van der Waals surface area contributed by atoms with Crippen LogP contribution in [0.3, 0.4) is 0 Å². The fourth-order valence-electron chi connectivity index (χ4n) is 3.20. The summed E-state index contributed by atoms with van der Waals surface area (Å²) in [5, 5.41) is 0.339. The van der Waals surface area contributed by atoms with Crippen LogP contribution in [-0.4, -0.2) is 13.4 Å². The Hall–Kier alpha value is -3.19. The summed E-state index contributed by atoms with van der Waals surface area (Å²) in [5.74, 6) is -2.56. The van der Waals surface area contributed by atoms with E-state index in [0.29, 0.717) is 5.39 Å². The van der Waals surface area contributed by atoms with E-state index in [-0.39, 0.29) is 22.2 Å². The molecule has 0 aliphatic heterocycles. The molecule has 0 bridgehead atoms. The molecule has 0 aliphatic carbocycles. The van der Waals surface area contributed by atoms with Crippen LogP contribution in [0.4, 0.5) is 13.2 Å². The predicted octanol–water partition coefficient (Wildman–Crippen LogP) is 5.46. The lowest BCUT2D eigenvalue weighted by molar-refractivity contribution is 0.543. The Labute approximate surface area is 165 Å². The molecule has 3 nitrogen and oxygen atoms in total. The van der Waals surface area contributed by atoms with E-state index >= 15 is 4.39 Å². The first-order valence-corrected chi connectivity index (χ1v) is 10.1. The molecule has 0 atom stereocenters. The van der Waals surface area contributed by atoms with Gasteiger partial charge in [0.25, 0.3) is 0 Å². The van der Waals surface area contributed by atoms with Gasteiger partial charge in [0.15, 0.2) is 0 Å². The molecule has 0 N–H and O–H groups in total. The Morgan fingerprint density at radius 2 is 1.62 bits per heavy atom. The van der Waals surface area contributed by atoms with E-state index in [9.17, 15) is 17.2 Å². The number of benzene rings is 3. The number of rotatable bonds is 3. The Bertz CT molecular complexity index is 1370. The number of pyridine rings is 1. The van der Waals surface area contributed by atoms with Gasteiger partial charge in [-0.25, -0.2) is 22.2 Å². The van der Waals surface area contributed by atoms with Crippen molar-refractivity contribution in [3.05, 3.63) is 89.9 Å². The third-order valence-corrected chi connectivity index (χ3v) is 6.43. The lowest BCUT2D eigenvalue weighted by atomic mass is 10.0. The minimum atomic E-state index is -4.49. The molecule has 0 amide bonds. The molecule has 0 unspecified atom stereocenters. The van der Waals surface area contributed by atoms with Gasteiger partial charge in [0.05, 0.1) is 10.4 Å². The SMILES string of the molecule is Cc1ccc(S(=O)(=O)c2c(F)nc3ccccc3c2-c2cccc(F)c2)cc1F. The molecule has 4 aromatic rings. The molecule has 146 valence electrons. The monoisotopic (exact) mass is 413 g/mol. The van der Waals surface area contributed by atoms with E-state index in [1.54, 1.807) is 18.2 Å². The summed E-state index contributed by atoms with van der Waals surface area (Å²) in [5.41, 5.74) is 0.631. The molecule has 0 saturated carbocycles. The number of halogens is 3. The van der Waals surface area contributed by atoms with Crippen LogP contribution >= 0.6 is 0 Å². The zero-order valence-corrected chi connectivity index (χ0v) is 16.0. The van der Waals surface area contributed by atoms with E-state index in [4.69, 9.17) is 0 Å². The number of sulfone groups is 1. The van der Waals surface area contributed by atoms with Crippen molar-refractivity contribution in [2.45, 2.75) is 16.7 Å². The summed E-state index contributed by atoms with van der Waals surface area (Å²) >= 11 is 0. The van der Waals surface area contributed by atoms with Crippen molar-refractivity contribution in [2.75, 3.05) is 0 Å². The van der Waals surface area contributed by atoms with Crippen molar-refractivity contribution in [3.63, 3.8) is 0 Å². The largest absolute Gasteiger partial charge is 0.233 e. The maximum Gasteiger partial charge on any atom is 0.233 e. The van der Waals surface area contributed by atoms with E-state index < -0.39 is 37.2 Å². The number of nitrogens with zero attached hydrogens (tertiary/aromatic N) is 1. The Balaban J connectivity index is 2.13. The highest BCUT2D eigenvalue weighted by Gasteiger charge is 2.30. The van der Waals surface area contributed by atoms with Crippen LogP contribution < -0.4 is 0 Å².